The highest BCUT2D eigenvalue weighted by molar-refractivity contribution is 5.98. The summed E-state index contributed by atoms with van der Waals surface area (Å²) in [5.41, 5.74) is 0. The molecule has 1 atom stereocenters. The van der Waals surface area contributed by atoms with Crippen molar-refractivity contribution in [2.75, 3.05) is 13.2 Å². The van der Waals surface area contributed by atoms with E-state index in [1.54, 1.807) is 0 Å². The second-order valence-electron chi connectivity index (χ2n) is 3.25. The van der Waals surface area contributed by atoms with Gasteiger partial charge in [-0.25, -0.2) is 0 Å². The Balaban J connectivity index is 2.34. The summed E-state index contributed by atoms with van der Waals surface area (Å²) in [6.45, 7) is 5.56. The predicted octanol–water partition coefficient (Wildman–Crippen LogP) is 0.655. The van der Waals surface area contributed by atoms with E-state index in [9.17, 15) is 0 Å². The molecule has 1 fully saturated rings. The van der Waals surface area contributed by atoms with Gasteiger partial charge in [0.05, 0.1) is 6.10 Å². The van der Waals surface area contributed by atoms with Crippen molar-refractivity contribution in [3.8, 4) is 0 Å². The Morgan fingerprint density at radius 1 is 1.58 bits per heavy atom. The Morgan fingerprint density at radius 3 is 2.75 bits per heavy atom. The first-order valence-electron chi connectivity index (χ1n) is 4.60. The van der Waals surface area contributed by atoms with E-state index in [1.807, 2.05) is 6.08 Å². The lowest BCUT2D eigenvalue weighted by molar-refractivity contribution is 0.0216. The van der Waals surface area contributed by atoms with E-state index in [0.29, 0.717) is 12.0 Å². The fourth-order valence-corrected chi connectivity index (χ4v) is 2.31. The summed E-state index contributed by atoms with van der Waals surface area (Å²) in [6.07, 6.45) is 5.67. The average molecular weight is 186 g/mol. The van der Waals surface area contributed by atoms with Gasteiger partial charge in [0.2, 0.25) is 0 Å². The third-order valence-electron chi connectivity index (χ3n) is 2.49. The Bertz CT molecular complexity index is 132. The highest BCUT2D eigenvalue weighted by Crippen LogP contribution is 2.22. The van der Waals surface area contributed by atoms with Crippen molar-refractivity contribution in [3.63, 3.8) is 0 Å². The maximum Gasteiger partial charge on any atom is 0.146 e. The van der Waals surface area contributed by atoms with Gasteiger partial charge >= 0.3 is 0 Å². The van der Waals surface area contributed by atoms with Crippen molar-refractivity contribution in [3.05, 3.63) is 12.7 Å². The van der Waals surface area contributed by atoms with Crippen LogP contribution in [0, 0.1) is 5.92 Å². The van der Waals surface area contributed by atoms with Crippen molar-refractivity contribution in [1.29, 1.82) is 0 Å². The molecular formula is C9H18O2Si. The third kappa shape index (κ3) is 2.73. The summed E-state index contributed by atoms with van der Waals surface area (Å²) in [7, 11) is 0.831. The lowest BCUT2D eigenvalue weighted by Crippen LogP contribution is -2.28. The van der Waals surface area contributed by atoms with Crippen LogP contribution in [0.15, 0.2) is 12.7 Å². The molecule has 0 aliphatic carbocycles. The van der Waals surface area contributed by atoms with Gasteiger partial charge in [0.1, 0.15) is 10.5 Å². The van der Waals surface area contributed by atoms with Crippen molar-refractivity contribution >= 4 is 10.5 Å². The minimum atomic E-state index is 0.415. The quantitative estimate of drug-likeness (QED) is 0.474. The van der Waals surface area contributed by atoms with Gasteiger partial charge < -0.3 is 9.16 Å². The van der Waals surface area contributed by atoms with Gasteiger partial charge in [-0.2, -0.15) is 0 Å². The molecule has 1 rings (SSSR count). The molecule has 1 aliphatic rings. The summed E-state index contributed by atoms with van der Waals surface area (Å²) < 4.78 is 10.8. The van der Waals surface area contributed by atoms with E-state index in [4.69, 9.17) is 9.16 Å². The highest BCUT2D eigenvalue weighted by atomic mass is 28.2. The number of ether oxygens (including phenoxy) is 1. The molecule has 70 valence electrons. The fourth-order valence-electron chi connectivity index (χ4n) is 1.73. The van der Waals surface area contributed by atoms with Crippen LogP contribution in [0.5, 0.6) is 0 Å². The maximum absolute atomic E-state index is 5.54. The summed E-state index contributed by atoms with van der Waals surface area (Å²) in [5, 5.41) is 0. The Morgan fingerprint density at radius 2 is 2.25 bits per heavy atom. The molecule has 12 heavy (non-hydrogen) atoms. The normalized spacial score (nSPS) is 22.3. The molecule has 0 spiro atoms. The van der Waals surface area contributed by atoms with Crippen LogP contribution in [0.4, 0.5) is 0 Å². The monoisotopic (exact) mass is 186 g/mol. The van der Waals surface area contributed by atoms with Crippen LogP contribution < -0.4 is 0 Å². The van der Waals surface area contributed by atoms with Gasteiger partial charge in [-0.05, 0) is 25.2 Å². The summed E-state index contributed by atoms with van der Waals surface area (Å²) in [5.74, 6) is 0.703. The van der Waals surface area contributed by atoms with E-state index in [1.165, 1.54) is 0 Å². The van der Waals surface area contributed by atoms with E-state index in [-0.39, 0.29) is 0 Å². The first kappa shape index (κ1) is 9.96. The van der Waals surface area contributed by atoms with Crippen molar-refractivity contribution < 1.29 is 9.16 Å². The lowest BCUT2D eigenvalue weighted by atomic mass is 9.92. The standard InChI is InChI=1S/C9H18O2Si/c1-2-3-9(11-12)8-4-6-10-7-5-8/h2,8-9H,1,3-7H2,12H3. The lowest BCUT2D eigenvalue weighted by Gasteiger charge is -2.28. The first-order chi connectivity index (χ1) is 5.88. The van der Waals surface area contributed by atoms with Crippen LogP contribution in [0.25, 0.3) is 0 Å². The molecule has 0 aromatic heterocycles. The van der Waals surface area contributed by atoms with Crippen LogP contribution in [0.3, 0.4) is 0 Å². The van der Waals surface area contributed by atoms with Crippen LogP contribution in [0.2, 0.25) is 0 Å². The maximum atomic E-state index is 5.54. The molecule has 1 saturated heterocycles. The van der Waals surface area contributed by atoms with E-state index >= 15 is 0 Å². The molecule has 1 unspecified atom stereocenters. The predicted molar refractivity (Wildman–Crippen MR) is 53.2 cm³/mol. The second kappa shape index (κ2) is 5.51. The molecule has 1 heterocycles. The summed E-state index contributed by atoms with van der Waals surface area (Å²) in [6, 6.07) is 0. The van der Waals surface area contributed by atoms with E-state index in [0.717, 1.165) is 43.0 Å². The topological polar surface area (TPSA) is 18.5 Å². The van der Waals surface area contributed by atoms with Gasteiger partial charge in [-0.3, -0.25) is 0 Å². The number of hydrogen-bond donors (Lipinski definition) is 0. The SMILES string of the molecule is C=CCC(O[SiH3])C1CCOCC1. The number of rotatable bonds is 4. The third-order valence-corrected chi connectivity index (χ3v) is 3.10. The average Bonchev–Trinajstić information content (AvgIpc) is 2.15. The second-order valence-corrected chi connectivity index (χ2v) is 3.72. The van der Waals surface area contributed by atoms with Gasteiger partial charge in [-0.1, -0.05) is 6.08 Å². The van der Waals surface area contributed by atoms with Crippen LogP contribution in [-0.2, 0) is 9.16 Å². The fraction of sp³-hybridized carbons (Fsp3) is 0.778. The van der Waals surface area contributed by atoms with Gasteiger partial charge in [0, 0.05) is 13.2 Å². The minimum Gasteiger partial charge on any atom is -0.424 e. The smallest absolute Gasteiger partial charge is 0.146 e. The largest absolute Gasteiger partial charge is 0.424 e. The zero-order valence-electron chi connectivity index (χ0n) is 7.79. The Labute approximate surface area is 77.5 Å². The zero-order chi connectivity index (χ0) is 8.81. The first-order valence-corrected chi connectivity index (χ1v) is 5.41. The molecule has 0 saturated carbocycles. The van der Waals surface area contributed by atoms with Crippen LogP contribution >= 0.6 is 0 Å². The highest BCUT2D eigenvalue weighted by Gasteiger charge is 2.21. The van der Waals surface area contributed by atoms with E-state index < -0.39 is 0 Å². The number of hydrogen-bond acceptors (Lipinski definition) is 2. The molecule has 0 radical (unpaired) electrons. The Kier molecular flexibility index (Phi) is 4.57. The summed E-state index contributed by atoms with van der Waals surface area (Å²) >= 11 is 0. The minimum absolute atomic E-state index is 0.415. The molecule has 0 amide bonds. The zero-order valence-corrected chi connectivity index (χ0v) is 9.79. The van der Waals surface area contributed by atoms with Crippen molar-refractivity contribution in [2.45, 2.75) is 25.4 Å². The Hall–Kier alpha value is -0.123. The van der Waals surface area contributed by atoms with Crippen LogP contribution in [0.1, 0.15) is 19.3 Å². The molecule has 3 heteroatoms. The van der Waals surface area contributed by atoms with Gasteiger partial charge in [0.15, 0.2) is 0 Å². The van der Waals surface area contributed by atoms with Crippen LogP contribution in [-0.4, -0.2) is 29.8 Å². The molecular weight excluding hydrogens is 168 g/mol. The summed E-state index contributed by atoms with van der Waals surface area (Å²) in [4.78, 5) is 0. The van der Waals surface area contributed by atoms with E-state index in [2.05, 4.69) is 6.58 Å². The molecule has 2 nitrogen and oxygen atoms in total. The van der Waals surface area contributed by atoms with Gasteiger partial charge in [-0.15, -0.1) is 6.58 Å². The van der Waals surface area contributed by atoms with Gasteiger partial charge in [0.25, 0.3) is 0 Å². The van der Waals surface area contributed by atoms with Crippen molar-refractivity contribution in [1.82, 2.24) is 0 Å². The molecule has 0 bridgehead atoms. The molecule has 0 aromatic carbocycles. The van der Waals surface area contributed by atoms with Crippen molar-refractivity contribution in [2.24, 2.45) is 5.92 Å². The molecule has 1 aliphatic heterocycles. The molecule has 0 N–H and O–H groups in total. The molecule has 0 aromatic rings.